The van der Waals surface area contributed by atoms with Gasteiger partial charge in [-0.2, -0.15) is 5.10 Å². The number of rotatable bonds is 7. The van der Waals surface area contributed by atoms with E-state index < -0.39 is 5.97 Å². The van der Waals surface area contributed by atoms with Crippen molar-refractivity contribution >= 4 is 17.9 Å². The number of hydrogen-bond donors (Lipinski definition) is 2. The zero-order valence-corrected chi connectivity index (χ0v) is 14.0. The molecule has 0 aliphatic carbocycles. The van der Waals surface area contributed by atoms with Gasteiger partial charge in [0, 0.05) is 5.56 Å². The zero-order chi connectivity index (χ0) is 18.2. The van der Waals surface area contributed by atoms with E-state index in [2.05, 4.69) is 10.5 Å². The van der Waals surface area contributed by atoms with E-state index in [9.17, 15) is 9.90 Å². The average molecular weight is 346 g/mol. The molecule has 3 aromatic carbocycles. The Hall–Kier alpha value is -3.60. The molecule has 130 valence electrons. The number of carboxylic acid groups (broad SMARTS) is 1. The second-order valence-corrected chi connectivity index (χ2v) is 5.56. The number of nitrogens with zero attached hydrogens (tertiary/aromatic N) is 1. The van der Waals surface area contributed by atoms with Gasteiger partial charge in [0.25, 0.3) is 0 Å². The predicted molar refractivity (Wildman–Crippen MR) is 102 cm³/mol. The minimum atomic E-state index is -0.957. The monoisotopic (exact) mass is 346 g/mol. The maximum absolute atomic E-state index is 11.2. The molecular weight excluding hydrogens is 328 g/mol. The third-order valence-electron chi connectivity index (χ3n) is 3.70. The largest absolute Gasteiger partial charge is 0.489 e. The Bertz CT molecular complexity index is 891. The van der Waals surface area contributed by atoms with Crippen LogP contribution in [-0.4, -0.2) is 17.3 Å². The Balaban J connectivity index is 1.57. The minimum Gasteiger partial charge on any atom is -0.489 e. The highest BCUT2D eigenvalue weighted by Crippen LogP contribution is 2.16. The average Bonchev–Trinajstić information content (AvgIpc) is 2.68. The van der Waals surface area contributed by atoms with E-state index in [1.54, 1.807) is 30.5 Å². The first-order valence-corrected chi connectivity index (χ1v) is 8.10. The highest BCUT2D eigenvalue weighted by Gasteiger charge is 2.09. The maximum atomic E-state index is 11.2. The lowest BCUT2D eigenvalue weighted by Crippen LogP contribution is -2.05. The van der Waals surface area contributed by atoms with E-state index in [0.29, 0.717) is 11.3 Å². The molecule has 0 spiro atoms. The molecule has 0 aliphatic heterocycles. The quantitative estimate of drug-likeness (QED) is 0.491. The first-order chi connectivity index (χ1) is 12.7. The zero-order valence-electron chi connectivity index (χ0n) is 14.0. The molecule has 26 heavy (non-hydrogen) atoms. The third-order valence-corrected chi connectivity index (χ3v) is 3.70. The Morgan fingerprint density at radius 1 is 0.962 bits per heavy atom. The van der Waals surface area contributed by atoms with E-state index in [1.165, 1.54) is 0 Å². The second-order valence-electron chi connectivity index (χ2n) is 5.56. The number of hydrogen-bond acceptors (Lipinski definition) is 4. The van der Waals surface area contributed by atoms with Gasteiger partial charge in [0.05, 0.1) is 17.5 Å². The summed E-state index contributed by atoms with van der Waals surface area (Å²) in [6.45, 7) is 0.200. The fourth-order valence-electron chi connectivity index (χ4n) is 2.36. The van der Waals surface area contributed by atoms with Gasteiger partial charge >= 0.3 is 5.97 Å². The van der Waals surface area contributed by atoms with E-state index in [4.69, 9.17) is 4.74 Å². The molecule has 0 radical (unpaired) electrons. The Morgan fingerprint density at radius 3 is 2.38 bits per heavy atom. The molecule has 0 amide bonds. The van der Waals surface area contributed by atoms with Crippen molar-refractivity contribution in [2.45, 2.75) is 6.61 Å². The van der Waals surface area contributed by atoms with Crippen molar-refractivity contribution < 1.29 is 14.6 Å². The Labute approximate surface area is 151 Å². The summed E-state index contributed by atoms with van der Waals surface area (Å²) in [5.74, 6) is -0.292. The summed E-state index contributed by atoms with van der Waals surface area (Å²) in [7, 11) is 0. The molecule has 0 fully saturated rings. The van der Waals surface area contributed by atoms with Crippen LogP contribution >= 0.6 is 0 Å². The van der Waals surface area contributed by atoms with Gasteiger partial charge in [-0.25, -0.2) is 4.79 Å². The molecular formula is C21H18N2O3. The summed E-state index contributed by atoms with van der Waals surface area (Å²) in [4.78, 5) is 11.2. The van der Waals surface area contributed by atoms with Crippen LogP contribution in [0.5, 0.6) is 5.75 Å². The van der Waals surface area contributed by atoms with Gasteiger partial charge in [-0.05, 0) is 48.0 Å². The molecule has 3 rings (SSSR count). The number of hydrazone groups is 1. The summed E-state index contributed by atoms with van der Waals surface area (Å²) in [6, 6.07) is 23.9. The molecule has 0 saturated heterocycles. The van der Waals surface area contributed by atoms with Crippen LogP contribution in [-0.2, 0) is 6.61 Å². The fraction of sp³-hybridized carbons (Fsp3) is 0.0476. The van der Waals surface area contributed by atoms with Crippen LogP contribution in [0.1, 0.15) is 21.5 Å². The number of para-hydroxylation sites is 1. The maximum Gasteiger partial charge on any atom is 0.336 e. The number of ether oxygens (including phenoxy) is 1. The normalized spacial score (nSPS) is 10.6. The summed E-state index contributed by atoms with van der Waals surface area (Å²) < 4.78 is 5.69. The summed E-state index contributed by atoms with van der Waals surface area (Å²) in [5.41, 5.74) is 5.68. The van der Waals surface area contributed by atoms with Gasteiger partial charge in [-0.3, -0.25) is 5.43 Å². The Morgan fingerprint density at radius 2 is 1.65 bits per heavy atom. The second kappa shape index (κ2) is 8.48. The molecule has 3 aromatic rings. The molecule has 0 aromatic heterocycles. The number of carbonyl (C=O) groups is 1. The van der Waals surface area contributed by atoms with Crippen LogP contribution in [0.3, 0.4) is 0 Å². The SMILES string of the molecule is O=C(O)c1ccccc1COc1ccc(/C=N\Nc2ccccc2)cc1. The number of aromatic carboxylic acids is 1. The van der Waals surface area contributed by atoms with Gasteiger partial charge in [0.1, 0.15) is 12.4 Å². The van der Waals surface area contributed by atoms with Crippen molar-refractivity contribution in [3.63, 3.8) is 0 Å². The van der Waals surface area contributed by atoms with Crippen molar-refractivity contribution in [1.82, 2.24) is 0 Å². The lowest BCUT2D eigenvalue weighted by Gasteiger charge is -2.09. The number of nitrogens with one attached hydrogen (secondary N) is 1. The molecule has 0 unspecified atom stereocenters. The van der Waals surface area contributed by atoms with Crippen molar-refractivity contribution in [2.24, 2.45) is 5.10 Å². The van der Waals surface area contributed by atoms with E-state index in [-0.39, 0.29) is 12.2 Å². The molecule has 0 saturated carbocycles. The van der Waals surface area contributed by atoms with Crippen LogP contribution in [0.25, 0.3) is 0 Å². The first-order valence-electron chi connectivity index (χ1n) is 8.10. The topological polar surface area (TPSA) is 70.9 Å². The summed E-state index contributed by atoms with van der Waals surface area (Å²) in [6.07, 6.45) is 1.72. The van der Waals surface area contributed by atoms with Crippen LogP contribution in [0.2, 0.25) is 0 Å². The van der Waals surface area contributed by atoms with Gasteiger partial charge in [-0.15, -0.1) is 0 Å². The van der Waals surface area contributed by atoms with Crippen LogP contribution in [0, 0.1) is 0 Å². The fourth-order valence-corrected chi connectivity index (χ4v) is 2.36. The molecule has 0 heterocycles. The van der Waals surface area contributed by atoms with E-state index in [0.717, 1.165) is 11.3 Å². The van der Waals surface area contributed by atoms with Crippen LogP contribution in [0.15, 0.2) is 84.0 Å². The van der Waals surface area contributed by atoms with Gasteiger partial charge in [0.2, 0.25) is 0 Å². The van der Waals surface area contributed by atoms with Gasteiger partial charge in [-0.1, -0.05) is 36.4 Å². The molecule has 0 aliphatic rings. The van der Waals surface area contributed by atoms with E-state index in [1.807, 2.05) is 54.6 Å². The van der Waals surface area contributed by atoms with Crippen molar-refractivity contribution in [2.75, 3.05) is 5.43 Å². The van der Waals surface area contributed by atoms with Gasteiger partial charge in [0.15, 0.2) is 0 Å². The summed E-state index contributed by atoms with van der Waals surface area (Å²) >= 11 is 0. The lowest BCUT2D eigenvalue weighted by molar-refractivity contribution is 0.0694. The molecule has 0 bridgehead atoms. The van der Waals surface area contributed by atoms with E-state index >= 15 is 0 Å². The summed E-state index contributed by atoms with van der Waals surface area (Å²) in [5, 5.41) is 13.4. The highest BCUT2D eigenvalue weighted by molar-refractivity contribution is 5.89. The highest BCUT2D eigenvalue weighted by atomic mass is 16.5. The number of anilines is 1. The molecule has 2 N–H and O–H groups in total. The number of benzene rings is 3. The van der Waals surface area contributed by atoms with Crippen LogP contribution in [0.4, 0.5) is 5.69 Å². The predicted octanol–water partition coefficient (Wildman–Crippen LogP) is 4.41. The molecule has 5 heteroatoms. The van der Waals surface area contributed by atoms with Gasteiger partial charge < -0.3 is 9.84 Å². The van der Waals surface area contributed by atoms with Crippen molar-refractivity contribution in [3.05, 3.63) is 95.6 Å². The van der Waals surface area contributed by atoms with Crippen molar-refractivity contribution in [1.29, 1.82) is 0 Å². The molecule has 5 nitrogen and oxygen atoms in total. The molecule has 0 atom stereocenters. The minimum absolute atomic E-state index is 0.200. The Kier molecular flexibility index (Phi) is 5.62. The standard InChI is InChI=1S/C21H18N2O3/c24-21(25)20-9-5-4-6-17(20)15-26-19-12-10-16(11-13-19)14-22-23-18-7-2-1-3-8-18/h1-14,23H,15H2,(H,24,25)/b22-14-. The first kappa shape index (κ1) is 17.2. The number of carboxylic acids is 1. The van der Waals surface area contributed by atoms with Crippen LogP contribution < -0.4 is 10.2 Å². The smallest absolute Gasteiger partial charge is 0.336 e. The van der Waals surface area contributed by atoms with Crippen molar-refractivity contribution in [3.8, 4) is 5.75 Å². The third kappa shape index (κ3) is 4.70. The lowest BCUT2D eigenvalue weighted by atomic mass is 10.1.